The third-order valence-corrected chi connectivity index (χ3v) is 3.98. The Labute approximate surface area is 116 Å². The summed E-state index contributed by atoms with van der Waals surface area (Å²) in [5.41, 5.74) is 1.17. The van der Waals surface area contributed by atoms with E-state index in [1.807, 2.05) is 25.2 Å². The van der Waals surface area contributed by atoms with Crippen molar-refractivity contribution in [3.63, 3.8) is 0 Å². The van der Waals surface area contributed by atoms with E-state index in [-0.39, 0.29) is 6.04 Å². The molecule has 1 atom stereocenters. The van der Waals surface area contributed by atoms with Gasteiger partial charge in [0.2, 0.25) is 0 Å². The number of nitrogens with one attached hydrogen (secondary N) is 1. The minimum Gasteiger partial charge on any atom is -0.496 e. The molecule has 0 bridgehead atoms. The van der Waals surface area contributed by atoms with Gasteiger partial charge < -0.3 is 14.8 Å². The highest BCUT2D eigenvalue weighted by Crippen LogP contribution is 2.27. The molecule has 0 spiro atoms. The molecule has 106 valence electrons. The zero-order chi connectivity index (χ0) is 13.5. The molecular weight excluding hydrogens is 238 g/mol. The van der Waals surface area contributed by atoms with E-state index in [0.717, 1.165) is 18.3 Å². The Bertz CT molecular complexity index is 375. The fourth-order valence-corrected chi connectivity index (χ4v) is 2.81. The van der Waals surface area contributed by atoms with Gasteiger partial charge in [-0.3, -0.25) is 0 Å². The summed E-state index contributed by atoms with van der Waals surface area (Å²) in [5.74, 6) is 1.70. The van der Waals surface area contributed by atoms with Crippen molar-refractivity contribution in [2.75, 3.05) is 27.4 Å². The lowest BCUT2D eigenvalue weighted by Gasteiger charge is -2.20. The first kappa shape index (κ1) is 14.4. The Hall–Kier alpha value is -1.06. The van der Waals surface area contributed by atoms with E-state index in [1.54, 1.807) is 7.11 Å². The summed E-state index contributed by atoms with van der Waals surface area (Å²) >= 11 is 0. The molecule has 1 saturated carbocycles. The van der Waals surface area contributed by atoms with Gasteiger partial charge in [-0.2, -0.15) is 0 Å². The van der Waals surface area contributed by atoms with Crippen molar-refractivity contribution in [2.45, 2.75) is 31.7 Å². The SMILES string of the molecule is CNC(COCC1CCCC1)c1ccccc1OC. The minimum absolute atomic E-state index is 0.192. The van der Waals surface area contributed by atoms with Crippen molar-refractivity contribution in [3.8, 4) is 5.75 Å². The Morgan fingerprint density at radius 2 is 2.00 bits per heavy atom. The zero-order valence-electron chi connectivity index (χ0n) is 12.0. The van der Waals surface area contributed by atoms with Gasteiger partial charge >= 0.3 is 0 Å². The lowest BCUT2D eigenvalue weighted by molar-refractivity contribution is 0.0839. The molecule has 1 aliphatic rings. The van der Waals surface area contributed by atoms with Crippen LogP contribution in [0.1, 0.15) is 37.3 Å². The Kier molecular flexibility index (Phi) is 5.67. The van der Waals surface area contributed by atoms with Gasteiger partial charge in [0.05, 0.1) is 19.8 Å². The van der Waals surface area contributed by atoms with Crippen molar-refractivity contribution >= 4 is 0 Å². The van der Waals surface area contributed by atoms with Crippen LogP contribution in [-0.4, -0.2) is 27.4 Å². The summed E-state index contributed by atoms with van der Waals surface area (Å²) in [6.45, 7) is 1.60. The first-order chi connectivity index (χ1) is 9.35. The number of benzene rings is 1. The van der Waals surface area contributed by atoms with Crippen molar-refractivity contribution < 1.29 is 9.47 Å². The minimum atomic E-state index is 0.192. The second-order valence-corrected chi connectivity index (χ2v) is 5.27. The standard InChI is InChI=1S/C16H25NO2/c1-17-15(12-19-11-13-7-3-4-8-13)14-9-5-6-10-16(14)18-2/h5-6,9-10,13,15,17H,3-4,7-8,11-12H2,1-2H3. The van der Waals surface area contributed by atoms with E-state index in [0.29, 0.717) is 6.61 Å². The van der Waals surface area contributed by atoms with Gasteiger partial charge in [0, 0.05) is 12.2 Å². The van der Waals surface area contributed by atoms with Crippen LogP contribution in [0.3, 0.4) is 0 Å². The molecule has 0 heterocycles. The summed E-state index contributed by atoms with van der Waals surface area (Å²) in [5, 5.41) is 3.31. The summed E-state index contributed by atoms with van der Waals surface area (Å²) in [7, 11) is 3.68. The molecule has 0 saturated heterocycles. The summed E-state index contributed by atoms with van der Waals surface area (Å²) < 4.78 is 11.3. The number of hydrogen-bond acceptors (Lipinski definition) is 3. The van der Waals surface area contributed by atoms with Crippen molar-refractivity contribution in [1.82, 2.24) is 5.32 Å². The molecule has 19 heavy (non-hydrogen) atoms. The molecule has 1 N–H and O–H groups in total. The first-order valence-corrected chi connectivity index (χ1v) is 7.23. The molecule has 1 aliphatic carbocycles. The quantitative estimate of drug-likeness (QED) is 0.819. The molecule has 1 aromatic carbocycles. The zero-order valence-corrected chi connectivity index (χ0v) is 12.0. The molecule has 0 aliphatic heterocycles. The highest BCUT2D eigenvalue weighted by molar-refractivity contribution is 5.35. The lowest BCUT2D eigenvalue weighted by atomic mass is 10.1. The molecule has 2 rings (SSSR count). The van der Waals surface area contributed by atoms with Crippen LogP contribution in [-0.2, 0) is 4.74 Å². The molecular formula is C16H25NO2. The van der Waals surface area contributed by atoms with Gasteiger partial charge in [0.1, 0.15) is 5.75 Å². The number of para-hydroxylation sites is 1. The second kappa shape index (κ2) is 7.51. The third kappa shape index (κ3) is 3.95. The molecule has 0 aromatic heterocycles. The van der Waals surface area contributed by atoms with Gasteiger partial charge in [-0.1, -0.05) is 31.0 Å². The molecule has 3 nitrogen and oxygen atoms in total. The maximum absolute atomic E-state index is 5.91. The molecule has 0 radical (unpaired) electrons. The van der Waals surface area contributed by atoms with Gasteiger partial charge in [-0.25, -0.2) is 0 Å². The van der Waals surface area contributed by atoms with Crippen molar-refractivity contribution in [3.05, 3.63) is 29.8 Å². The van der Waals surface area contributed by atoms with Crippen LogP contribution in [0.2, 0.25) is 0 Å². The van der Waals surface area contributed by atoms with Crippen LogP contribution >= 0.6 is 0 Å². The second-order valence-electron chi connectivity index (χ2n) is 5.27. The maximum Gasteiger partial charge on any atom is 0.123 e. The van der Waals surface area contributed by atoms with E-state index in [1.165, 1.54) is 31.2 Å². The highest BCUT2D eigenvalue weighted by Gasteiger charge is 2.17. The van der Waals surface area contributed by atoms with Crippen LogP contribution in [0.15, 0.2) is 24.3 Å². The monoisotopic (exact) mass is 263 g/mol. The van der Waals surface area contributed by atoms with Gasteiger partial charge in [-0.05, 0) is 31.9 Å². The fourth-order valence-electron chi connectivity index (χ4n) is 2.81. The average Bonchev–Trinajstić information content (AvgIpc) is 2.97. The molecule has 1 aromatic rings. The predicted molar refractivity (Wildman–Crippen MR) is 77.6 cm³/mol. The van der Waals surface area contributed by atoms with E-state index >= 15 is 0 Å². The van der Waals surface area contributed by atoms with Crippen LogP contribution < -0.4 is 10.1 Å². The van der Waals surface area contributed by atoms with Crippen LogP contribution in [0.25, 0.3) is 0 Å². The summed E-state index contributed by atoms with van der Waals surface area (Å²) in [6.07, 6.45) is 5.41. The molecule has 1 unspecified atom stereocenters. The maximum atomic E-state index is 5.91. The lowest BCUT2D eigenvalue weighted by Crippen LogP contribution is -2.23. The fraction of sp³-hybridized carbons (Fsp3) is 0.625. The van der Waals surface area contributed by atoms with E-state index in [2.05, 4.69) is 11.4 Å². The molecule has 1 fully saturated rings. The number of likely N-dealkylation sites (N-methyl/N-ethyl adjacent to an activating group) is 1. The largest absolute Gasteiger partial charge is 0.496 e. The van der Waals surface area contributed by atoms with E-state index in [9.17, 15) is 0 Å². The normalized spacial score (nSPS) is 17.6. The van der Waals surface area contributed by atoms with Gasteiger partial charge in [-0.15, -0.1) is 0 Å². The number of rotatable bonds is 7. The van der Waals surface area contributed by atoms with Gasteiger partial charge in [0.25, 0.3) is 0 Å². The van der Waals surface area contributed by atoms with Crippen molar-refractivity contribution in [1.29, 1.82) is 0 Å². The predicted octanol–water partition coefficient (Wildman–Crippen LogP) is 3.16. The van der Waals surface area contributed by atoms with Crippen LogP contribution in [0.5, 0.6) is 5.75 Å². The third-order valence-electron chi connectivity index (χ3n) is 3.98. The highest BCUT2D eigenvalue weighted by atomic mass is 16.5. The first-order valence-electron chi connectivity index (χ1n) is 7.23. The molecule has 3 heteroatoms. The number of hydrogen-bond donors (Lipinski definition) is 1. The van der Waals surface area contributed by atoms with Crippen LogP contribution in [0.4, 0.5) is 0 Å². The van der Waals surface area contributed by atoms with Crippen molar-refractivity contribution in [2.24, 2.45) is 5.92 Å². The topological polar surface area (TPSA) is 30.5 Å². The number of methoxy groups -OCH3 is 1. The smallest absolute Gasteiger partial charge is 0.123 e. The summed E-state index contributed by atoms with van der Waals surface area (Å²) in [4.78, 5) is 0. The Balaban J connectivity index is 1.88. The van der Waals surface area contributed by atoms with Gasteiger partial charge in [0.15, 0.2) is 0 Å². The summed E-state index contributed by atoms with van der Waals surface area (Å²) in [6, 6.07) is 8.32. The van der Waals surface area contributed by atoms with E-state index < -0.39 is 0 Å². The molecule has 0 amide bonds. The number of ether oxygens (including phenoxy) is 2. The Morgan fingerprint density at radius 3 is 2.68 bits per heavy atom. The average molecular weight is 263 g/mol. The Morgan fingerprint density at radius 1 is 1.26 bits per heavy atom. The van der Waals surface area contributed by atoms with E-state index in [4.69, 9.17) is 9.47 Å². The van der Waals surface area contributed by atoms with Crippen LogP contribution in [0, 0.1) is 5.92 Å².